The van der Waals surface area contributed by atoms with Crippen molar-refractivity contribution in [2.75, 3.05) is 12.9 Å². The van der Waals surface area contributed by atoms with Gasteiger partial charge in [-0.25, -0.2) is 0 Å². The largest absolute Gasteiger partial charge is 0.466 e. The first-order valence-electron chi connectivity index (χ1n) is 10.3. The second-order valence-corrected chi connectivity index (χ2v) is 10.2. The molecule has 160 valence electrons. The zero-order chi connectivity index (χ0) is 22.0. The van der Waals surface area contributed by atoms with Crippen LogP contribution < -0.4 is 0 Å². The Balaban J connectivity index is 0.000000516. The molecule has 2 rings (SSSR count). The lowest BCUT2D eigenvalue weighted by Crippen LogP contribution is -2.23. The number of ether oxygens (including phenoxy) is 1. The van der Waals surface area contributed by atoms with Gasteiger partial charge in [0.2, 0.25) is 0 Å². The van der Waals surface area contributed by atoms with Crippen molar-refractivity contribution >= 4 is 27.5 Å². The first-order valence-corrected chi connectivity index (χ1v) is 11.8. The number of esters is 1. The van der Waals surface area contributed by atoms with Crippen LogP contribution in [0.3, 0.4) is 0 Å². The highest BCUT2D eigenvalue weighted by molar-refractivity contribution is 7.85. The summed E-state index contributed by atoms with van der Waals surface area (Å²) in [6.07, 6.45) is 5.35. The van der Waals surface area contributed by atoms with Crippen molar-refractivity contribution in [1.29, 1.82) is 0 Å². The predicted octanol–water partition coefficient (Wildman–Crippen LogP) is 6.25. The lowest BCUT2D eigenvalue weighted by atomic mass is 9.82. The summed E-state index contributed by atoms with van der Waals surface area (Å²) in [5.41, 5.74) is 1.13. The minimum Gasteiger partial charge on any atom is -0.466 e. The van der Waals surface area contributed by atoms with Gasteiger partial charge in [-0.2, -0.15) is 0 Å². The third-order valence-corrected chi connectivity index (χ3v) is 6.62. The predicted molar refractivity (Wildman–Crippen MR) is 126 cm³/mol. The number of fused-ring (bicyclic) bond motifs is 1. The molecule has 0 N–H and O–H groups in total. The van der Waals surface area contributed by atoms with Gasteiger partial charge in [0.15, 0.2) is 0 Å². The Bertz CT molecular complexity index is 820. The first-order chi connectivity index (χ1) is 13.6. The van der Waals surface area contributed by atoms with E-state index in [-0.39, 0.29) is 22.6 Å². The lowest BCUT2D eigenvalue weighted by Gasteiger charge is -2.23. The molecule has 4 heteroatoms. The maximum absolute atomic E-state index is 12.3. The van der Waals surface area contributed by atoms with Gasteiger partial charge in [0.25, 0.3) is 0 Å². The number of hydrogen-bond acceptors (Lipinski definition) is 3. The van der Waals surface area contributed by atoms with Crippen molar-refractivity contribution in [2.24, 2.45) is 5.92 Å². The van der Waals surface area contributed by atoms with Crippen molar-refractivity contribution in [3.05, 3.63) is 60.7 Å². The fourth-order valence-electron chi connectivity index (χ4n) is 2.95. The lowest BCUT2D eigenvalue weighted by molar-refractivity contribution is -0.148. The van der Waals surface area contributed by atoms with Crippen LogP contribution in [0.5, 0.6) is 0 Å². The highest BCUT2D eigenvalue weighted by Crippen LogP contribution is 2.32. The van der Waals surface area contributed by atoms with E-state index in [0.29, 0.717) is 6.61 Å². The number of hydrogen-bond donors (Lipinski definition) is 0. The van der Waals surface area contributed by atoms with Crippen LogP contribution in [0, 0.1) is 5.92 Å². The molecule has 0 heterocycles. The molecule has 3 atom stereocenters. The molecule has 0 radical (unpaired) electrons. The summed E-state index contributed by atoms with van der Waals surface area (Å²) >= 11 is 0. The van der Waals surface area contributed by atoms with Crippen LogP contribution in [0.4, 0.5) is 0 Å². The fourth-order valence-corrected chi connectivity index (χ4v) is 2.95. The topological polar surface area (TPSA) is 43.4 Å². The number of carbonyl (C=O) groups excluding carboxylic acids is 1. The van der Waals surface area contributed by atoms with Gasteiger partial charge in [-0.05, 0) is 50.5 Å². The zero-order valence-corrected chi connectivity index (χ0v) is 19.6. The molecule has 0 aliphatic carbocycles. The highest BCUT2D eigenvalue weighted by atomic mass is 32.2. The maximum atomic E-state index is 12.3. The SMILES string of the molecule is C=CC(c1ccc2ccccc2c1)C(CCC)C(=O)OCC.CS(=O)C(C)(C)C. The molecule has 0 fully saturated rings. The quantitative estimate of drug-likeness (QED) is 0.396. The Morgan fingerprint density at radius 3 is 2.21 bits per heavy atom. The van der Waals surface area contributed by atoms with Gasteiger partial charge < -0.3 is 4.74 Å². The molecular weight excluding hydrogens is 380 g/mol. The van der Waals surface area contributed by atoms with Gasteiger partial charge in [-0.15, -0.1) is 6.58 Å². The van der Waals surface area contributed by atoms with E-state index in [1.807, 2.05) is 45.9 Å². The van der Waals surface area contributed by atoms with Gasteiger partial charge >= 0.3 is 5.97 Å². The van der Waals surface area contributed by atoms with Crippen molar-refractivity contribution in [1.82, 2.24) is 0 Å². The van der Waals surface area contributed by atoms with E-state index in [1.54, 1.807) is 6.26 Å². The van der Waals surface area contributed by atoms with Crippen LogP contribution in [-0.4, -0.2) is 27.8 Å². The average Bonchev–Trinajstić information content (AvgIpc) is 2.67. The van der Waals surface area contributed by atoms with Crippen LogP contribution in [-0.2, 0) is 20.3 Å². The number of carbonyl (C=O) groups is 1. The van der Waals surface area contributed by atoms with Crippen LogP contribution in [0.25, 0.3) is 10.8 Å². The van der Waals surface area contributed by atoms with E-state index in [0.717, 1.165) is 18.4 Å². The van der Waals surface area contributed by atoms with Gasteiger partial charge in [0, 0.05) is 27.7 Å². The summed E-state index contributed by atoms with van der Waals surface area (Å²) in [6.45, 7) is 14.2. The molecule has 2 aromatic rings. The molecule has 0 saturated heterocycles. The molecular formula is C25H36O3S. The molecule has 0 spiro atoms. The van der Waals surface area contributed by atoms with Crippen LogP contribution in [0.2, 0.25) is 0 Å². The Morgan fingerprint density at radius 1 is 1.14 bits per heavy atom. The number of allylic oxidation sites excluding steroid dienone is 1. The first kappa shape index (κ1) is 25.1. The number of benzene rings is 2. The minimum atomic E-state index is -0.683. The van der Waals surface area contributed by atoms with E-state index in [2.05, 4.69) is 43.8 Å². The second kappa shape index (κ2) is 11.9. The minimum absolute atomic E-state index is 0.0105. The van der Waals surface area contributed by atoms with Crippen LogP contribution >= 0.6 is 0 Å². The smallest absolute Gasteiger partial charge is 0.309 e. The van der Waals surface area contributed by atoms with Crippen LogP contribution in [0.15, 0.2) is 55.1 Å². The summed E-state index contributed by atoms with van der Waals surface area (Å²) in [7, 11) is -0.683. The summed E-state index contributed by atoms with van der Waals surface area (Å²) in [5, 5.41) is 2.39. The molecule has 0 aliphatic heterocycles. The van der Waals surface area contributed by atoms with E-state index in [1.165, 1.54) is 10.8 Å². The van der Waals surface area contributed by atoms with Crippen molar-refractivity contribution in [2.45, 2.75) is 58.1 Å². The van der Waals surface area contributed by atoms with E-state index in [4.69, 9.17) is 4.74 Å². The monoisotopic (exact) mass is 416 g/mol. The summed E-state index contributed by atoms with van der Waals surface area (Å²) in [4.78, 5) is 12.3. The molecule has 0 bridgehead atoms. The van der Waals surface area contributed by atoms with E-state index < -0.39 is 10.8 Å². The third-order valence-electron chi connectivity index (χ3n) is 4.90. The van der Waals surface area contributed by atoms with Crippen LogP contribution in [0.1, 0.15) is 58.9 Å². The van der Waals surface area contributed by atoms with E-state index in [9.17, 15) is 9.00 Å². The molecule has 0 amide bonds. The highest BCUT2D eigenvalue weighted by Gasteiger charge is 2.28. The molecule has 3 unspecified atom stereocenters. The Kier molecular flexibility index (Phi) is 10.3. The fraction of sp³-hybridized carbons (Fsp3) is 0.480. The molecule has 2 aromatic carbocycles. The summed E-state index contributed by atoms with van der Waals surface area (Å²) in [6, 6.07) is 14.6. The Morgan fingerprint density at radius 2 is 1.72 bits per heavy atom. The molecule has 0 aromatic heterocycles. The average molecular weight is 417 g/mol. The standard InChI is InChI=1S/C20H24O2.C5H12OS/c1-4-9-19(20(21)22-6-3)18(5-2)17-13-12-15-10-7-8-11-16(15)14-17;1-5(2,3)7(4)6/h5,7-8,10-14,18-19H,2,4,6,9H2,1,3H3;1-4H3. The maximum Gasteiger partial charge on any atom is 0.309 e. The van der Waals surface area contributed by atoms with Gasteiger partial charge in [0.05, 0.1) is 12.5 Å². The summed E-state index contributed by atoms with van der Waals surface area (Å²) in [5.74, 6) is -0.297. The third kappa shape index (κ3) is 7.77. The molecule has 0 aliphatic rings. The van der Waals surface area contributed by atoms with Crippen molar-refractivity contribution in [3.8, 4) is 0 Å². The number of rotatable bonds is 7. The van der Waals surface area contributed by atoms with Crippen molar-refractivity contribution < 1.29 is 13.7 Å². The molecule has 29 heavy (non-hydrogen) atoms. The van der Waals surface area contributed by atoms with E-state index >= 15 is 0 Å². The molecule has 3 nitrogen and oxygen atoms in total. The van der Waals surface area contributed by atoms with Crippen molar-refractivity contribution in [3.63, 3.8) is 0 Å². The Labute approximate surface area is 179 Å². The Hall–Kier alpha value is -1.94. The van der Waals surface area contributed by atoms with Gasteiger partial charge in [-0.1, -0.05) is 61.9 Å². The van der Waals surface area contributed by atoms with Gasteiger partial charge in [-0.3, -0.25) is 9.00 Å². The zero-order valence-electron chi connectivity index (χ0n) is 18.7. The second-order valence-electron chi connectivity index (χ2n) is 8.08. The molecule has 0 saturated carbocycles. The normalized spacial score (nSPS) is 14.3. The summed E-state index contributed by atoms with van der Waals surface area (Å²) < 4.78 is 15.8. The van der Waals surface area contributed by atoms with Gasteiger partial charge in [0.1, 0.15) is 0 Å².